The second kappa shape index (κ2) is 10.9. The van der Waals surface area contributed by atoms with Crippen molar-refractivity contribution in [3.8, 4) is 0 Å². The van der Waals surface area contributed by atoms with E-state index in [-0.39, 0.29) is 23.8 Å². The number of sulfonamides is 1. The van der Waals surface area contributed by atoms with Crippen LogP contribution in [0.3, 0.4) is 0 Å². The number of benzene rings is 2. The molecule has 1 amide bonds. The Bertz CT molecular complexity index is 1040. The third kappa shape index (κ3) is 6.31. The van der Waals surface area contributed by atoms with Gasteiger partial charge in [0.1, 0.15) is 6.04 Å². The Balaban J connectivity index is 1.86. The number of halogens is 1. The van der Waals surface area contributed by atoms with Gasteiger partial charge < -0.3 is 10.4 Å². The van der Waals surface area contributed by atoms with E-state index in [2.05, 4.69) is 5.32 Å². The number of hydrogen-bond acceptors (Lipinski definition) is 4. The van der Waals surface area contributed by atoms with Gasteiger partial charge in [-0.3, -0.25) is 9.59 Å². The highest BCUT2D eigenvalue weighted by Crippen LogP contribution is 2.26. The van der Waals surface area contributed by atoms with Gasteiger partial charge in [0.2, 0.25) is 15.9 Å². The summed E-state index contributed by atoms with van der Waals surface area (Å²) >= 11 is 5.93. The zero-order chi connectivity index (χ0) is 23.1. The molecule has 0 bridgehead atoms. The van der Waals surface area contributed by atoms with Crippen molar-refractivity contribution in [1.82, 2.24) is 9.62 Å². The van der Waals surface area contributed by atoms with Crippen molar-refractivity contribution in [3.63, 3.8) is 0 Å². The second-order valence-corrected chi connectivity index (χ2v) is 10.2. The summed E-state index contributed by atoms with van der Waals surface area (Å²) in [7, 11) is -3.95. The van der Waals surface area contributed by atoms with Gasteiger partial charge in [0, 0.05) is 24.5 Å². The third-order valence-electron chi connectivity index (χ3n) is 5.49. The lowest BCUT2D eigenvalue weighted by atomic mass is 10.1. The molecule has 7 nitrogen and oxygen atoms in total. The van der Waals surface area contributed by atoms with E-state index in [0.29, 0.717) is 30.8 Å². The van der Waals surface area contributed by atoms with E-state index in [1.807, 2.05) is 24.3 Å². The van der Waals surface area contributed by atoms with Crippen LogP contribution >= 0.6 is 11.6 Å². The van der Waals surface area contributed by atoms with E-state index in [1.165, 1.54) is 28.6 Å². The molecule has 0 saturated carbocycles. The van der Waals surface area contributed by atoms with Gasteiger partial charge in [0.05, 0.1) is 4.90 Å². The predicted molar refractivity (Wildman–Crippen MR) is 122 cm³/mol. The number of carbonyl (C=O) groups is 2. The van der Waals surface area contributed by atoms with Crippen LogP contribution in [0.15, 0.2) is 53.4 Å². The zero-order valence-corrected chi connectivity index (χ0v) is 19.2. The average molecular weight is 479 g/mol. The van der Waals surface area contributed by atoms with E-state index in [9.17, 15) is 18.0 Å². The third-order valence-corrected chi connectivity index (χ3v) is 7.61. The Morgan fingerprint density at radius 1 is 1.06 bits per heavy atom. The molecule has 2 aromatic carbocycles. The number of carboxylic acid groups (broad SMARTS) is 1. The van der Waals surface area contributed by atoms with E-state index in [4.69, 9.17) is 16.7 Å². The van der Waals surface area contributed by atoms with Gasteiger partial charge in [-0.05, 0) is 67.5 Å². The molecule has 1 aliphatic rings. The van der Waals surface area contributed by atoms with Gasteiger partial charge >= 0.3 is 5.97 Å². The molecule has 1 saturated heterocycles. The molecule has 9 heteroatoms. The number of carbonyl (C=O) groups excluding carboxylic acids is 1. The highest BCUT2D eigenvalue weighted by Gasteiger charge is 2.36. The smallest absolute Gasteiger partial charge is 0.303 e. The maximum atomic E-state index is 13.5. The lowest BCUT2D eigenvalue weighted by Gasteiger charge is -2.29. The molecule has 1 atom stereocenters. The van der Waals surface area contributed by atoms with Gasteiger partial charge in [0.15, 0.2) is 0 Å². The van der Waals surface area contributed by atoms with Gasteiger partial charge in [-0.25, -0.2) is 8.42 Å². The number of hydrogen-bond donors (Lipinski definition) is 2. The molecule has 1 heterocycles. The van der Waals surface area contributed by atoms with Crippen molar-refractivity contribution in [2.24, 2.45) is 0 Å². The summed E-state index contributed by atoms with van der Waals surface area (Å²) in [6.07, 6.45) is 3.27. The van der Waals surface area contributed by atoms with Crippen molar-refractivity contribution >= 4 is 33.5 Å². The summed E-state index contributed by atoms with van der Waals surface area (Å²) in [6, 6.07) is 12.5. The van der Waals surface area contributed by atoms with Crippen molar-refractivity contribution < 1.29 is 23.1 Å². The number of rotatable bonds is 9. The number of nitrogens with one attached hydrogen (secondary N) is 1. The zero-order valence-electron chi connectivity index (χ0n) is 17.7. The molecule has 172 valence electrons. The molecule has 0 aliphatic carbocycles. The summed E-state index contributed by atoms with van der Waals surface area (Å²) < 4.78 is 28.3. The highest BCUT2D eigenvalue weighted by molar-refractivity contribution is 7.89. The number of nitrogens with zero attached hydrogens (tertiary/aromatic N) is 1. The van der Waals surface area contributed by atoms with Crippen LogP contribution in [-0.4, -0.2) is 42.3 Å². The van der Waals surface area contributed by atoms with Gasteiger partial charge in [0.25, 0.3) is 0 Å². The topological polar surface area (TPSA) is 104 Å². The Labute approximate surface area is 193 Å². The number of amides is 1. The normalized spacial score (nSPS) is 17.1. The second-order valence-electron chi connectivity index (χ2n) is 7.87. The van der Waals surface area contributed by atoms with Gasteiger partial charge in [-0.1, -0.05) is 35.9 Å². The van der Waals surface area contributed by atoms with Crippen LogP contribution in [0.5, 0.6) is 0 Å². The number of aryl methyl sites for hydroxylation is 1. The SMILES string of the molecule is O=C(O)CCCc1ccc(CN(C2CCCCNC2=O)S(=O)(=O)c2ccc(Cl)cc2)cc1. The quantitative estimate of drug-likeness (QED) is 0.573. The van der Waals surface area contributed by atoms with Gasteiger partial charge in [-0.15, -0.1) is 0 Å². The molecule has 0 radical (unpaired) electrons. The maximum absolute atomic E-state index is 13.5. The molecule has 1 unspecified atom stereocenters. The first kappa shape index (κ1) is 24.2. The molecule has 32 heavy (non-hydrogen) atoms. The van der Waals surface area contributed by atoms with Crippen LogP contribution in [0.1, 0.15) is 43.2 Å². The van der Waals surface area contributed by atoms with E-state index in [1.54, 1.807) is 0 Å². The molecule has 2 aromatic rings. The largest absolute Gasteiger partial charge is 0.481 e. The van der Waals surface area contributed by atoms with Crippen LogP contribution in [0.2, 0.25) is 5.02 Å². The fourth-order valence-electron chi connectivity index (χ4n) is 3.74. The Morgan fingerprint density at radius 2 is 1.72 bits per heavy atom. The summed E-state index contributed by atoms with van der Waals surface area (Å²) in [4.78, 5) is 23.5. The minimum Gasteiger partial charge on any atom is -0.481 e. The van der Waals surface area contributed by atoms with Crippen LogP contribution in [-0.2, 0) is 32.6 Å². The monoisotopic (exact) mass is 478 g/mol. The lowest BCUT2D eigenvalue weighted by molar-refractivity contribution is -0.137. The van der Waals surface area contributed by atoms with Crippen molar-refractivity contribution in [2.75, 3.05) is 6.54 Å². The van der Waals surface area contributed by atoms with Crippen LogP contribution in [0, 0.1) is 0 Å². The number of aliphatic carboxylic acids is 1. The summed E-state index contributed by atoms with van der Waals surface area (Å²) in [5.41, 5.74) is 1.73. The molecule has 1 aliphatic heterocycles. The maximum Gasteiger partial charge on any atom is 0.303 e. The standard InChI is InChI=1S/C23H27ClN2O5S/c24-19-11-13-20(14-12-19)32(30,31)26(21-5-1-2-15-25-23(21)29)16-18-9-7-17(8-10-18)4-3-6-22(27)28/h7-14,21H,1-6,15-16H2,(H,25,29)(H,27,28). The molecule has 3 rings (SSSR count). The Kier molecular flexibility index (Phi) is 8.28. The van der Waals surface area contributed by atoms with E-state index in [0.717, 1.165) is 24.0 Å². The summed E-state index contributed by atoms with van der Waals surface area (Å²) in [5.74, 6) is -1.11. The van der Waals surface area contributed by atoms with Crippen molar-refractivity contribution in [1.29, 1.82) is 0 Å². The average Bonchev–Trinajstić information content (AvgIpc) is 2.97. The van der Waals surface area contributed by atoms with E-state index >= 15 is 0 Å². The van der Waals surface area contributed by atoms with Crippen LogP contribution in [0.4, 0.5) is 0 Å². The number of carboxylic acids is 1. The lowest BCUT2D eigenvalue weighted by Crippen LogP contribution is -2.48. The molecular weight excluding hydrogens is 452 g/mol. The first-order valence-electron chi connectivity index (χ1n) is 10.6. The van der Waals surface area contributed by atoms with E-state index < -0.39 is 22.0 Å². The van der Waals surface area contributed by atoms with Crippen LogP contribution < -0.4 is 5.32 Å². The van der Waals surface area contributed by atoms with Gasteiger partial charge in [-0.2, -0.15) is 4.31 Å². The first-order chi connectivity index (χ1) is 15.3. The molecule has 0 spiro atoms. The van der Waals surface area contributed by atoms with Crippen molar-refractivity contribution in [3.05, 3.63) is 64.7 Å². The fourth-order valence-corrected chi connectivity index (χ4v) is 5.47. The molecule has 0 aromatic heterocycles. The van der Waals surface area contributed by atoms with Crippen LogP contribution in [0.25, 0.3) is 0 Å². The summed E-state index contributed by atoms with van der Waals surface area (Å²) in [5, 5.41) is 12.0. The van der Waals surface area contributed by atoms with Crippen molar-refractivity contribution in [2.45, 2.75) is 56.0 Å². The Hall–Kier alpha value is -2.42. The molecule has 2 N–H and O–H groups in total. The highest BCUT2D eigenvalue weighted by atomic mass is 35.5. The minimum atomic E-state index is -3.95. The molecular formula is C23H27ClN2O5S. The predicted octanol–water partition coefficient (Wildman–Crippen LogP) is 3.61. The fraction of sp³-hybridized carbons (Fsp3) is 0.391. The summed E-state index contributed by atoms with van der Waals surface area (Å²) in [6.45, 7) is 0.591. The molecule has 1 fully saturated rings. The Morgan fingerprint density at radius 3 is 2.38 bits per heavy atom. The first-order valence-corrected chi connectivity index (χ1v) is 12.4. The minimum absolute atomic E-state index is 0.0540.